The lowest BCUT2D eigenvalue weighted by molar-refractivity contribution is -0.113. The lowest BCUT2D eigenvalue weighted by atomic mass is 10.1. The van der Waals surface area contributed by atoms with Crippen LogP contribution in [0.25, 0.3) is 11.3 Å². The van der Waals surface area contributed by atoms with Crippen molar-refractivity contribution in [1.29, 1.82) is 0 Å². The van der Waals surface area contributed by atoms with Crippen LogP contribution in [0.15, 0.2) is 58.8 Å². The van der Waals surface area contributed by atoms with E-state index in [1.807, 2.05) is 35.7 Å². The van der Waals surface area contributed by atoms with Gasteiger partial charge in [0, 0.05) is 15.8 Å². The zero-order valence-electron chi connectivity index (χ0n) is 13.6. The van der Waals surface area contributed by atoms with Crippen molar-refractivity contribution in [2.45, 2.75) is 18.7 Å². The summed E-state index contributed by atoms with van der Waals surface area (Å²) in [5.41, 5.74) is 4.36. The van der Waals surface area contributed by atoms with E-state index in [0.717, 1.165) is 16.2 Å². The number of anilines is 1. The first-order valence-electron chi connectivity index (χ1n) is 7.62. The number of hydrogen-bond acceptors (Lipinski definition) is 4. The summed E-state index contributed by atoms with van der Waals surface area (Å²) in [6.07, 6.45) is 0. The van der Waals surface area contributed by atoms with Crippen LogP contribution in [-0.4, -0.2) is 16.6 Å². The van der Waals surface area contributed by atoms with Gasteiger partial charge in [-0.3, -0.25) is 4.79 Å². The summed E-state index contributed by atoms with van der Waals surface area (Å²) in [6.45, 7) is 4.11. The van der Waals surface area contributed by atoms with Crippen molar-refractivity contribution in [3.8, 4) is 11.3 Å². The molecule has 0 spiro atoms. The van der Waals surface area contributed by atoms with Gasteiger partial charge in [-0.15, -0.1) is 23.1 Å². The molecular formula is C19H18N2OS2. The third-order valence-corrected chi connectivity index (χ3v) is 5.48. The predicted octanol–water partition coefficient (Wildman–Crippen LogP) is 5.16. The van der Waals surface area contributed by atoms with Crippen molar-refractivity contribution in [3.63, 3.8) is 0 Å². The third kappa shape index (κ3) is 4.24. The van der Waals surface area contributed by atoms with Crippen LogP contribution in [0.5, 0.6) is 0 Å². The van der Waals surface area contributed by atoms with E-state index in [1.54, 1.807) is 11.8 Å². The molecule has 0 bridgehead atoms. The van der Waals surface area contributed by atoms with Gasteiger partial charge in [0.05, 0.1) is 11.4 Å². The molecule has 0 saturated heterocycles. The maximum atomic E-state index is 12.1. The molecule has 0 fully saturated rings. The SMILES string of the molecule is Cc1ccc(-c2csc(NC(=O)CSc3ccccc3C)n2)cc1. The van der Waals surface area contributed by atoms with Crippen molar-refractivity contribution in [1.82, 2.24) is 4.98 Å². The molecule has 24 heavy (non-hydrogen) atoms. The summed E-state index contributed by atoms with van der Waals surface area (Å²) in [6, 6.07) is 16.3. The number of aromatic nitrogens is 1. The number of thioether (sulfide) groups is 1. The van der Waals surface area contributed by atoms with Gasteiger partial charge in [-0.1, -0.05) is 48.0 Å². The molecule has 1 amide bonds. The number of thiazole rings is 1. The first-order valence-corrected chi connectivity index (χ1v) is 9.49. The predicted molar refractivity (Wildman–Crippen MR) is 103 cm³/mol. The number of carbonyl (C=O) groups excluding carboxylic acids is 1. The number of carbonyl (C=O) groups is 1. The summed E-state index contributed by atoms with van der Waals surface area (Å²) in [5.74, 6) is 0.345. The first-order chi connectivity index (χ1) is 11.6. The van der Waals surface area contributed by atoms with Crippen LogP contribution in [0.3, 0.4) is 0 Å². The molecule has 0 saturated carbocycles. The topological polar surface area (TPSA) is 42.0 Å². The van der Waals surface area contributed by atoms with E-state index in [9.17, 15) is 4.79 Å². The van der Waals surface area contributed by atoms with Gasteiger partial charge in [-0.25, -0.2) is 4.98 Å². The highest BCUT2D eigenvalue weighted by molar-refractivity contribution is 8.00. The lowest BCUT2D eigenvalue weighted by Gasteiger charge is -2.04. The zero-order chi connectivity index (χ0) is 16.9. The standard InChI is InChI=1S/C19H18N2OS2/c1-13-7-9-15(10-8-13)16-11-24-19(20-16)21-18(22)12-23-17-6-4-3-5-14(17)2/h3-11H,12H2,1-2H3,(H,20,21,22). The van der Waals surface area contributed by atoms with Crippen LogP contribution < -0.4 is 5.32 Å². The highest BCUT2D eigenvalue weighted by Crippen LogP contribution is 2.26. The highest BCUT2D eigenvalue weighted by atomic mass is 32.2. The molecule has 122 valence electrons. The third-order valence-electron chi connectivity index (χ3n) is 3.55. The Morgan fingerprint density at radius 3 is 2.62 bits per heavy atom. The van der Waals surface area contributed by atoms with E-state index in [0.29, 0.717) is 10.9 Å². The molecule has 1 aromatic heterocycles. The number of amides is 1. The van der Waals surface area contributed by atoms with E-state index in [1.165, 1.54) is 22.5 Å². The van der Waals surface area contributed by atoms with Crippen molar-refractivity contribution in [2.75, 3.05) is 11.1 Å². The second kappa shape index (κ2) is 7.64. The quantitative estimate of drug-likeness (QED) is 0.644. The van der Waals surface area contributed by atoms with E-state index in [-0.39, 0.29) is 5.91 Å². The summed E-state index contributed by atoms with van der Waals surface area (Å²) < 4.78 is 0. The Labute approximate surface area is 150 Å². The molecule has 3 aromatic rings. The van der Waals surface area contributed by atoms with E-state index in [4.69, 9.17) is 0 Å². The van der Waals surface area contributed by atoms with Crippen LogP contribution in [-0.2, 0) is 4.79 Å². The van der Waals surface area contributed by atoms with Crippen molar-refractivity contribution in [3.05, 3.63) is 65.0 Å². The van der Waals surface area contributed by atoms with Crippen molar-refractivity contribution in [2.24, 2.45) is 0 Å². The van der Waals surface area contributed by atoms with Crippen LogP contribution in [0.2, 0.25) is 0 Å². The van der Waals surface area contributed by atoms with Gasteiger partial charge in [0.15, 0.2) is 5.13 Å². The molecule has 0 aliphatic carbocycles. The Bertz CT molecular complexity index is 841. The van der Waals surface area contributed by atoms with E-state index in [2.05, 4.69) is 42.3 Å². The summed E-state index contributed by atoms with van der Waals surface area (Å²) >= 11 is 2.99. The van der Waals surface area contributed by atoms with Crippen LogP contribution in [0.1, 0.15) is 11.1 Å². The van der Waals surface area contributed by atoms with Gasteiger partial charge in [0.2, 0.25) is 5.91 Å². The molecule has 2 aromatic carbocycles. The minimum Gasteiger partial charge on any atom is -0.301 e. The van der Waals surface area contributed by atoms with E-state index >= 15 is 0 Å². The summed E-state index contributed by atoms with van der Waals surface area (Å²) in [4.78, 5) is 17.8. The lowest BCUT2D eigenvalue weighted by Crippen LogP contribution is -2.13. The fourth-order valence-electron chi connectivity index (χ4n) is 2.21. The zero-order valence-corrected chi connectivity index (χ0v) is 15.2. The average molecular weight is 355 g/mol. The largest absolute Gasteiger partial charge is 0.301 e. The number of hydrogen-bond donors (Lipinski definition) is 1. The Morgan fingerprint density at radius 1 is 1.12 bits per heavy atom. The van der Waals surface area contributed by atoms with E-state index < -0.39 is 0 Å². The minimum atomic E-state index is -0.0342. The van der Waals surface area contributed by atoms with Crippen LogP contribution in [0, 0.1) is 13.8 Å². The molecule has 3 nitrogen and oxygen atoms in total. The molecule has 0 atom stereocenters. The number of aryl methyl sites for hydroxylation is 2. The normalized spacial score (nSPS) is 10.6. The van der Waals surface area contributed by atoms with Gasteiger partial charge in [0.25, 0.3) is 0 Å². The minimum absolute atomic E-state index is 0.0342. The second-order valence-electron chi connectivity index (χ2n) is 5.51. The van der Waals surface area contributed by atoms with Gasteiger partial charge in [-0.05, 0) is 25.5 Å². The van der Waals surface area contributed by atoms with Crippen LogP contribution >= 0.6 is 23.1 Å². The molecule has 0 unspecified atom stereocenters. The number of nitrogens with one attached hydrogen (secondary N) is 1. The summed E-state index contributed by atoms with van der Waals surface area (Å²) in [5, 5.41) is 5.49. The highest BCUT2D eigenvalue weighted by Gasteiger charge is 2.09. The molecule has 1 N–H and O–H groups in total. The molecule has 3 rings (SSSR count). The molecule has 0 aliphatic heterocycles. The van der Waals surface area contributed by atoms with Crippen molar-refractivity contribution < 1.29 is 4.79 Å². The van der Waals surface area contributed by atoms with Gasteiger partial charge < -0.3 is 5.32 Å². The molecular weight excluding hydrogens is 336 g/mol. The Hall–Kier alpha value is -2.11. The first kappa shape index (κ1) is 16.7. The maximum Gasteiger partial charge on any atom is 0.236 e. The monoisotopic (exact) mass is 354 g/mol. The Balaban J connectivity index is 1.59. The fourth-order valence-corrected chi connectivity index (χ4v) is 3.77. The Morgan fingerprint density at radius 2 is 1.88 bits per heavy atom. The van der Waals surface area contributed by atoms with Crippen LogP contribution in [0.4, 0.5) is 5.13 Å². The molecule has 0 radical (unpaired) electrons. The average Bonchev–Trinajstić information content (AvgIpc) is 3.03. The van der Waals surface area contributed by atoms with Crippen molar-refractivity contribution >= 4 is 34.1 Å². The smallest absolute Gasteiger partial charge is 0.236 e. The summed E-state index contributed by atoms with van der Waals surface area (Å²) in [7, 11) is 0. The number of nitrogens with zero attached hydrogens (tertiary/aromatic N) is 1. The molecule has 5 heteroatoms. The maximum absolute atomic E-state index is 12.1. The Kier molecular flexibility index (Phi) is 5.33. The molecule has 0 aliphatic rings. The van der Waals surface area contributed by atoms with Gasteiger partial charge >= 0.3 is 0 Å². The second-order valence-corrected chi connectivity index (χ2v) is 7.38. The van der Waals surface area contributed by atoms with Gasteiger partial charge in [-0.2, -0.15) is 0 Å². The fraction of sp³-hybridized carbons (Fsp3) is 0.158. The number of rotatable bonds is 5. The van der Waals surface area contributed by atoms with Gasteiger partial charge in [0.1, 0.15) is 0 Å². The molecule has 1 heterocycles. The number of benzene rings is 2.